The van der Waals surface area contributed by atoms with Crippen molar-refractivity contribution in [2.45, 2.75) is 26.2 Å². The summed E-state index contributed by atoms with van der Waals surface area (Å²) >= 11 is 0. The third kappa shape index (κ3) is 4.27. The quantitative estimate of drug-likeness (QED) is 0.703. The minimum Gasteiger partial charge on any atom is -0.337 e. The molecule has 0 bridgehead atoms. The van der Waals surface area contributed by atoms with E-state index < -0.39 is 0 Å². The summed E-state index contributed by atoms with van der Waals surface area (Å²) in [4.78, 5) is 31.7. The van der Waals surface area contributed by atoms with Gasteiger partial charge in [0.15, 0.2) is 0 Å². The van der Waals surface area contributed by atoms with Crippen LogP contribution in [0.3, 0.4) is 0 Å². The summed E-state index contributed by atoms with van der Waals surface area (Å²) in [5.41, 5.74) is 3.51. The molecule has 0 unspecified atom stereocenters. The van der Waals surface area contributed by atoms with Crippen LogP contribution in [0.4, 0.5) is 5.69 Å². The maximum Gasteiger partial charge on any atom is 0.270 e. The van der Waals surface area contributed by atoms with E-state index in [1.54, 1.807) is 12.4 Å². The summed E-state index contributed by atoms with van der Waals surface area (Å²) in [6.07, 6.45) is 7.58. The Morgan fingerprint density at radius 2 is 1.93 bits per heavy atom. The molecule has 6 nitrogen and oxygen atoms in total. The third-order valence-corrected chi connectivity index (χ3v) is 5.65. The average molecular weight is 402 g/mol. The van der Waals surface area contributed by atoms with E-state index in [2.05, 4.69) is 23.3 Å². The largest absolute Gasteiger partial charge is 0.337 e. The minimum absolute atomic E-state index is 0.0154. The predicted molar refractivity (Wildman–Crippen MR) is 117 cm³/mol. The number of carbonyl (C=O) groups excluding carboxylic acids is 2. The molecule has 0 saturated carbocycles. The van der Waals surface area contributed by atoms with Crippen LogP contribution in [0.2, 0.25) is 0 Å². The molecule has 1 fully saturated rings. The number of likely N-dealkylation sites (tertiary alicyclic amines) is 1. The molecule has 1 aromatic carbocycles. The zero-order chi connectivity index (χ0) is 20.9. The first-order valence-corrected chi connectivity index (χ1v) is 10.4. The van der Waals surface area contributed by atoms with Gasteiger partial charge >= 0.3 is 0 Å². The van der Waals surface area contributed by atoms with Gasteiger partial charge in [-0.3, -0.25) is 14.6 Å². The number of hydrogen-bond acceptors (Lipinski definition) is 3. The molecule has 0 atom stereocenters. The number of rotatable bonds is 5. The molecule has 154 valence electrons. The molecule has 30 heavy (non-hydrogen) atoms. The Morgan fingerprint density at radius 1 is 1.10 bits per heavy atom. The topological polar surface area (TPSA) is 67.2 Å². The Hall–Kier alpha value is -3.41. The number of nitrogens with zero attached hydrogens (tertiary/aromatic N) is 3. The number of nitrogens with one attached hydrogen (secondary N) is 1. The summed E-state index contributed by atoms with van der Waals surface area (Å²) in [7, 11) is 0. The standard InChI is InChI=1S/C24H26N4O2/c1-2-18-6-3-7-20(16-18)26-23(29)19-10-14-27(15-11-19)24(30)22-9-5-13-28(22)21-8-4-12-25-17-21/h3-9,12-13,16-17,19H,2,10-11,14-15H2,1H3,(H,26,29). The van der Waals surface area contributed by atoms with Gasteiger partial charge in [0.05, 0.1) is 11.9 Å². The van der Waals surface area contributed by atoms with E-state index in [-0.39, 0.29) is 17.7 Å². The van der Waals surface area contributed by atoms with Crippen molar-refractivity contribution in [3.63, 3.8) is 0 Å². The number of aryl methyl sites for hydroxylation is 1. The van der Waals surface area contributed by atoms with Crippen LogP contribution in [0.25, 0.3) is 5.69 Å². The van der Waals surface area contributed by atoms with Crippen molar-refractivity contribution in [1.29, 1.82) is 0 Å². The molecule has 1 aliphatic rings. The van der Waals surface area contributed by atoms with Crippen molar-refractivity contribution in [2.24, 2.45) is 5.92 Å². The zero-order valence-corrected chi connectivity index (χ0v) is 17.1. The van der Waals surface area contributed by atoms with E-state index in [0.29, 0.717) is 31.6 Å². The van der Waals surface area contributed by atoms with E-state index in [1.807, 2.05) is 58.1 Å². The highest BCUT2D eigenvalue weighted by Crippen LogP contribution is 2.22. The van der Waals surface area contributed by atoms with E-state index in [0.717, 1.165) is 17.8 Å². The van der Waals surface area contributed by atoms with Crippen molar-refractivity contribution >= 4 is 17.5 Å². The van der Waals surface area contributed by atoms with E-state index in [1.165, 1.54) is 5.56 Å². The molecule has 1 saturated heterocycles. The van der Waals surface area contributed by atoms with Gasteiger partial charge in [0.25, 0.3) is 5.91 Å². The molecule has 1 N–H and O–H groups in total. The first kappa shape index (κ1) is 19.9. The van der Waals surface area contributed by atoms with Gasteiger partial charge in [-0.2, -0.15) is 0 Å². The van der Waals surface area contributed by atoms with Crippen LogP contribution in [-0.4, -0.2) is 39.4 Å². The minimum atomic E-state index is -0.0792. The van der Waals surface area contributed by atoms with Crippen LogP contribution in [0.15, 0.2) is 67.1 Å². The summed E-state index contributed by atoms with van der Waals surface area (Å²) in [5, 5.41) is 3.04. The van der Waals surface area contributed by atoms with Gasteiger partial charge in [-0.25, -0.2) is 0 Å². The van der Waals surface area contributed by atoms with Gasteiger partial charge in [-0.1, -0.05) is 19.1 Å². The molecule has 0 radical (unpaired) electrons. The van der Waals surface area contributed by atoms with Gasteiger partial charge in [0.1, 0.15) is 5.69 Å². The Morgan fingerprint density at radius 3 is 2.67 bits per heavy atom. The summed E-state index contributed by atoms with van der Waals surface area (Å²) < 4.78 is 1.86. The number of amides is 2. The van der Waals surface area contributed by atoms with Crippen LogP contribution in [0.5, 0.6) is 0 Å². The molecule has 4 rings (SSSR count). The predicted octanol–water partition coefficient (Wildman–Crippen LogP) is 3.93. The monoisotopic (exact) mass is 402 g/mol. The fraction of sp³-hybridized carbons (Fsp3) is 0.292. The first-order valence-electron chi connectivity index (χ1n) is 10.4. The Kier molecular flexibility index (Phi) is 5.93. The fourth-order valence-electron chi connectivity index (χ4n) is 3.90. The van der Waals surface area contributed by atoms with E-state index in [9.17, 15) is 9.59 Å². The number of anilines is 1. The van der Waals surface area contributed by atoms with Gasteiger partial charge in [-0.15, -0.1) is 0 Å². The molecule has 6 heteroatoms. The lowest BCUT2D eigenvalue weighted by molar-refractivity contribution is -0.121. The van der Waals surface area contributed by atoms with Crippen LogP contribution < -0.4 is 5.32 Å². The van der Waals surface area contributed by atoms with E-state index >= 15 is 0 Å². The van der Waals surface area contributed by atoms with Crippen molar-refractivity contribution in [3.8, 4) is 5.69 Å². The molecular weight excluding hydrogens is 376 g/mol. The smallest absolute Gasteiger partial charge is 0.270 e. The number of carbonyl (C=O) groups is 2. The van der Waals surface area contributed by atoms with Crippen LogP contribution in [-0.2, 0) is 11.2 Å². The Balaban J connectivity index is 1.37. The van der Waals surface area contributed by atoms with Gasteiger partial charge in [0, 0.05) is 37.1 Å². The van der Waals surface area contributed by atoms with Crippen LogP contribution >= 0.6 is 0 Å². The van der Waals surface area contributed by atoms with Crippen molar-refractivity contribution in [3.05, 3.63) is 78.4 Å². The highest BCUT2D eigenvalue weighted by molar-refractivity contribution is 5.95. The highest BCUT2D eigenvalue weighted by atomic mass is 16.2. The number of hydrogen-bond donors (Lipinski definition) is 1. The lowest BCUT2D eigenvalue weighted by Crippen LogP contribution is -2.42. The second kappa shape index (κ2) is 8.95. The van der Waals surface area contributed by atoms with Crippen molar-refractivity contribution in [1.82, 2.24) is 14.5 Å². The lowest BCUT2D eigenvalue weighted by atomic mass is 9.95. The molecule has 1 aliphatic heterocycles. The van der Waals surface area contributed by atoms with Crippen LogP contribution in [0, 0.1) is 5.92 Å². The maximum absolute atomic E-state index is 13.1. The highest BCUT2D eigenvalue weighted by Gasteiger charge is 2.29. The second-order valence-electron chi connectivity index (χ2n) is 7.58. The lowest BCUT2D eigenvalue weighted by Gasteiger charge is -2.31. The van der Waals surface area contributed by atoms with Gasteiger partial charge in [-0.05, 0) is 61.2 Å². The molecule has 0 aliphatic carbocycles. The molecular formula is C24H26N4O2. The summed E-state index contributed by atoms with van der Waals surface area (Å²) in [5.74, 6) is -0.0584. The molecule has 0 spiro atoms. The zero-order valence-electron chi connectivity index (χ0n) is 17.1. The number of aromatic nitrogens is 2. The first-order chi connectivity index (χ1) is 14.7. The van der Waals surface area contributed by atoms with Gasteiger partial charge < -0.3 is 14.8 Å². The van der Waals surface area contributed by atoms with Crippen molar-refractivity contribution < 1.29 is 9.59 Å². The fourth-order valence-corrected chi connectivity index (χ4v) is 3.90. The average Bonchev–Trinajstić information content (AvgIpc) is 3.29. The number of piperidine rings is 1. The molecule has 2 aromatic heterocycles. The Labute approximate surface area is 176 Å². The normalized spacial score (nSPS) is 14.5. The molecule has 3 aromatic rings. The summed E-state index contributed by atoms with van der Waals surface area (Å²) in [6, 6.07) is 15.4. The maximum atomic E-state index is 13.1. The SMILES string of the molecule is CCc1cccc(NC(=O)C2CCN(C(=O)c3cccn3-c3cccnc3)CC2)c1. The van der Waals surface area contributed by atoms with Crippen molar-refractivity contribution in [2.75, 3.05) is 18.4 Å². The second-order valence-corrected chi connectivity index (χ2v) is 7.58. The molecule has 3 heterocycles. The summed E-state index contributed by atoms with van der Waals surface area (Å²) in [6.45, 7) is 3.24. The van der Waals surface area contributed by atoms with Gasteiger partial charge in [0.2, 0.25) is 5.91 Å². The van der Waals surface area contributed by atoms with Crippen LogP contribution in [0.1, 0.15) is 35.8 Å². The third-order valence-electron chi connectivity index (χ3n) is 5.65. The number of benzene rings is 1. The van der Waals surface area contributed by atoms with E-state index in [4.69, 9.17) is 0 Å². The number of pyridine rings is 1. The molecule has 2 amide bonds. The Bertz CT molecular complexity index is 1020.